The summed E-state index contributed by atoms with van der Waals surface area (Å²) in [7, 11) is 0. The zero-order chi connectivity index (χ0) is 22.2. The molecule has 5 aromatic rings. The van der Waals surface area contributed by atoms with Gasteiger partial charge in [-0.2, -0.15) is 0 Å². The third kappa shape index (κ3) is 3.78. The molecule has 4 aromatic heterocycles. The number of anilines is 3. The van der Waals surface area contributed by atoms with E-state index in [1.54, 1.807) is 6.20 Å². The number of nitrogens with zero attached hydrogens (tertiary/aromatic N) is 5. The molecule has 0 atom stereocenters. The lowest BCUT2D eigenvalue weighted by Crippen LogP contribution is -2.34. The molecule has 1 saturated heterocycles. The molecule has 5 heterocycles. The van der Waals surface area contributed by atoms with Gasteiger partial charge in [0.2, 0.25) is 0 Å². The van der Waals surface area contributed by atoms with Crippen molar-refractivity contribution in [2.75, 3.05) is 29.9 Å². The smallest absolute Gasteiger partial charge is 0.180 e. The Morgan fingerprint density at radius 3 is 2.76 bits per heavy atom. The number of rotatable bonds is 5. The molecule has 1 fully saturated rings. The van der Waals surface area contributed by atoms with Crippen LogP contribution in [0.15, 0.2) is 67.4 Å². The van der Waals surface area contributed by atoms with Gasteiger partial charge in [0.05, 0.1) is 16.7 Å². The van der Waals surface area contributed by atoms with Crippen molar-refractivity contribution < 1.29 is 5.11 Å². The highest BCUT2D eigenvalue weighted by molar-refractivity contribution is 5.81. The van der Waals surface area contributed by atoms with Gasteiger partial charge in [-0.05, 0) is 55.2 Å². The Bertz CT molecular complexity index is 1400. The highest BCUT2D eigenvalue weighted by Crippen LogP contribution is 2.28. The first-order valence-electron chi connectivity index (χ1n) is 11.3. The summed E-state index contributed by atoms with van der Waals surface area (Å²) >= 11 is 0. The summed E-state index contributed by atoms with van der Waals surface area (Å²) in [5.41, 5.74) is 6.59. The monoisotopic (exact) mass is 439 g/mol. The Morgan fingerprint density at radius 2 is 1.94 bits per heavy atom. The van der Waals surface area contributed by atoms with E-state index >= 15 is 0 Å². The summed E-state index contributed by atoms with van der Waals surface area (Å²) in [4.78, 5) is 19.5. The lowest BCUT2D eigenvalue weighted by molar-refractivity contribution is 0.203. The molecule has 3 N–H and O–H groups in total. The van der Waals surface area contributed by atoms with Gasteiger partial charge in [0, 0.05) is 67.6 Å². The highest BCUT2D eigenvalue weighted by atomic mass is 16.3. The van der Waals surface area contributed by atoms with E-state index in [0.717, 1.165) is 59.6 Å². The van der Waals surface area contributed by atoms with Gasteiger partial charge in [-0.25, -0.2) is 9.97 Å². The molecule has 0 amide bonds. The summed E-state index contributed by atoms with van der Waals surface area (Å²) in [6, 6.07) is 12.4. The van der Waals surface area contributed by atoms with Crippen LogP contribution >= 0.6 is 0 Å². The predicted molar refractivity (Wildman–Crippen MR) is 130 cm³/mol. The number of aromatic amines is 1. The normalized spacial score (nSPS) is 14.9. The van der Waals surface area contributed by atoms with Crippen LogP contribution in [0.5, 0.6) is 0 Å². The minimum atomic E-state index is 0.292. The maximum atomic E-state index is 9.37. The molecular formula is C25H25N7O. The molecule has 0 spiro atoms. The Balaban J connectivity index is 1.28. The van der Waals surface area contributed by atoms with Gasteiger partial charge < -0.3 is 24.7 Å². The van der Waals surface area contributed by atoms with Gasteiger partial charge in [0.15, 0.2) is 11.5 Å². The van der Waals surface area contributed by atoms with Crippen LogP contribution in [0.25, 0.3) is 27.9 Å². The summed E-state index contributed by atoms with van der Waals surface area (Å²) in [6.45, 7) is 2.25. The zero-order valence-electron chi connectivity index (χ0n) is 18.1. The van der Waals surface area contributed by atoms with Crippen LogP contribution in [0.2, 0.25) is 0 Å². The second-order valence-corrected chi connectivity index (χ2v) is 8.55. The number of aliphatic hydroxyl groups is 1. The van der Waals surface area contributed by atoms with Crippen molar-refractivity contribution >= 4 is 33.9 Å². The van der Waals surface area contributed by atoms with Crippen molar-refractivity contribution in [2.45, 2.75) is 12.8 Å². The Morgan fingerprint density at radius 1 is 1.09 bits per heavy atom. The quantitative estimate of drug-likeness (QED) is 0.380. The van der Waals surface area contributed by atoms with E-state index in [0.29, 0.717) is 18.3 Å². The fraction of sp³-hybridized carbons (Fsp3) is 0.240. The molecule has 0 aliphatic carbocycles. The fourth-order valence-electron chi connectivity index (χ4n) is 4.49. The van der Waals surface area contributed by atoms with Crippen LogP contribution in [0.1, 0.15) is 12.8 Å². The van der Waals surface area contributed by atoms with Crippen molar-refractivity contribution in [1.82, 2.24) is 24.3 Å². The summed E-state index contributed by atoms with van der Waals surface area (Å²) in [5.74, 6) is 1.13. The zero-order valence-corrected chi connectivity index (χ0v) is 18.1. The van der Waals surface area contributed by atoms with Crippen LogP contribution in [0.3, 0.4) is 0 Å². The molecule has 1 aliphatic heterocycles. The average molecular weight is 440 g/mol. The topological polar surface area (TPSA) is 94.4 Å². The van der Waals surface area contributed by atoms with E-state index < -0.39 is 0 Å². The molecule has 1 aliphatic rings. The first-order chi connectivity index (χ1) is 16.3. The van der Waals surface area contributed by atoms with E-state index in [9.17, 15) is 5.11 Å². The van der Waals surface area contributed by atoms with Crippen molar-refractivity contribution in [3.8, 4) is 11.3 Å². The molecule has 8 nitrogen and oxygen atoms in total. The number of piperidine rings is 1. The second kappa shape index (κ2) is 8.22. The minimum absolute atomic E-state index is 0.292. The SMILES string of the molecule is OCC1CCN(c2ccc(Nc3nc(-c4cnc5cc[nH]c5c4)cn4ccnc34)cc2)CC1. The number of aliphatic hydroxyl groups excluding tert-OH is 1. The number of H-pyrrole nitrogens is 1. The van der Waals surface area contributed by atoms with Gasteiger partial charge in [0.1, 0.15) is 0 Å². The predicted octanol–water partition coefficient (Wildman–Crippen LogP) is 4.22. The van der Waals surface area contributed by atoms with Crippen LogP contribution < -0.4 is 10.2 Å². The van der Waals surface area contributed by atoms with Crippen molar-refractivity contribution in [3.63, 3.8) is 0 Å². The molecule has 0 radical (unpaired) electrons. The molecule has 166 valence electrons. The fourth-order valence-corrected chi connectivity index (χ4v) is 4.49. The molecule has 0 saturated carbocycles. The summed E-state index contributed by atoms with van der Waals surface area (Å²) < 4.78 is 1.98. The van der Waals surface area contributed by atoms with Crippen LogP contribution in [-0.4, -0.2) is 49.1 Å². The van der Waals surface area contributed by atoms with Crippen LogP contribution in [-0.2, 0) is 0 Å². The van der Waals surface area contributed by atoms with E-state index in [1.165, 1.54) is 5.69 Å². The molecule has 33 heavy (non-hydrogen) atoms. The molecule has 0 bridgehead atoms. The first kappa shape index (κ1) is 19.8. The van der Waals surface area contributed by atoms with Gasteiger partial charge in [-0.15, -0.1) is 0 Å². The Labute approximate surface area is 191 Å². The van der Waals surface area contributed by atoms with Gasteiger partial charge in [0.25, 0.3) is 0 Å². The van der Waals surface area contributed by atoms with Gasteiger partial charge in [-0.3, -0.25) is 4.98 Å². The van der Waals surface area contributed by atoms with E-state index in [1.807, 2.05) is 35.3 Å². The number of benzene rings is 1. The minimum Gasteiger partial charge on any atom is -0.396 e. The van der Waals surface area contributed by atoms with Crippen molar-refractivity contribution in [2.24, 2.45) is 5.92 Å². The largest absolute Gasteiger partial charge is 0.396 e. The third-order valence-corrected chi connectivity index (χ3v) is 6.44. The van der Waals surface area contributed by atoms with E-state index in [-0.39, 0.29) is 0 Å². The number of fused-ring (bicyclic) bond motifs is 2. The van der Waals surface area contributed by atoms with Crippen molar-refractivity contribution in [3.05, 3.63) is 67.4 Å². The summed E-state index contributed by atoms with van der Waals surface area (Å²) in [5, 5.41) is 12.8. The summed E-state index contributed by atoms with van der Waals surface area (Å²) in [6.07, 6.45) is 11.5. The second-order valence-electron chi connectivity index (χ2n) is 8.55. The maximum absolute atomic E-state index is 9.37. The molecular weight excluding hydrogens is 414 g/mol. The molecule has 6 rings (SSSR count). The maximum Gasteiger partial charge on any atom is 0.180 e. The number of imidazole rings is 1. The lowest BCUT2D eigenvalue weighted by atomic mass is 9.97. The Hall–Kier alpha value is -3.91. The first-order valence-corrected chi connectivity index (χ1v) is 11.3. The highest BCUT2D eigenvalue weighted by Gasteiger charge is 2.18. The Kier molecular flexibility index (Phi) is 4.92. The van der Waals surface area contributed by atoms with E-state index in [2.05, 4.69) is 55.5 Å². The van der Waals surface area contributed by atoms with Crippen molar-refractivity contribution in [1.29, 1.82) is 0 Å². The third-order valence-electron chi connectivity index (χ3n) is 6.44. The lowest BCUT2D eigenvalue weighted by Gasteiger charge is -2.33. The number of pyridine rings is 1. The van der Waals surface area contributed by atoms with E-state index in [4.69, 9.17) is 4.98 Å². The standard InChI is InChI=1S/C25H25N7O/c33-16-17-6-10-31(11-7-17)20-3-1-19(2-4-20)29-24-25-27-9-12-32(25)15-23(30-24)18-13-22-21(28-14-18)5-8-26-22/h1-5,8-9,12-15,17,26,33H,6-7,10-11,16H2,(H,29,30). The van der Waals surface area contributed by atoms with Gasteiger partial charge >= 0.3 is 0 Å². The number of aromatic nitrogens is 5. The van der Waals surface area contributed by atoms with Gasteiger partial charge in [-0.1, -0.05) is 0 Å². The molecule has 8 heteroatoms. The number of hydrogen-bond acceptors (Lipinski definition) is 6. The number of nitrogens with one attached hydrogen (secondary N) is 2. The van der Waals surface area contributed by atoms with Crippen LogP contribution in [0.4, 0.5) is 17.2 Å². The number of hydrogen-bond donors (Lipinski definition) is 3. The average Bonchev–Trinajstić information content (AvgIpc) is 3.53. The molecule has 0 unspecified atom stereocenters. The van der Waals surface area contributed by atoms with Crippen LogP contribution in [0, 0.1) is 5.92 Å². The molecule has 1 aromatic carbocycles.